The Morgan fingerprint density at radius 2 is 1.90 bits per heavy atom. The van der Waals surface area contributed by atoms with E-state index in [2.05, 4.69) is 18.7 Å². The fourth-order valence-corrected chi connectivity index (χ4v) is 3.37. The first-order valence-corrected chi connectivity index (χ1v) is 7.32. The Kier molecular flexibility index (Phi) is 3.21. The summed E-state index contributed by atoms with van der Waals surface area (Å²) in [6.45, 7) is 5.82. The van der Waals surface area contributed by atoms with Gasteiger partial charge in [-0.3, -0.25) is 9.80 Å². The topological polar surface area (TPSA) is 43.8 Å². The zero-order valence-corrected chi connectivity index (χ0v) is 12.1. The molecule has 1 amide bonds. The maximum atomic E-state index is 11.6. The molecule has 0 spiro atoms. The molecule has 1 aromatic rings. The van der Waals surface area contributed by atoms with Gasteiger partial charge < -0.3 is 5.11 Å². The average Bonchev–Trinajstić information content (AvgIpc) is 3.18. The zero-order chi connectivity index (χ0) is 14.3. The van der Waals surface area contributed by atoms with Gasteiger partial charge in [0.05, 0.1) is 6.04 Å². The molecule has 1 saturated carbocycles. The highest BCUT2D eigenvalue weighted by Crippen LogP contribution is 2.45. The molecule has 2 atom stereocenters. The molecule has 0 radical (unpaired) electrons. The number of carbonyl (C=O) groups is 1. The van der Waals surface area contributed by atoms with Crippen LogP contribution < -0.4 is 0 Å². The predicted octanol–water partition coefficient (Wildman–Crippen LogP) is 2.96. The second kappa shape index (κ2) is 4.77. The van der Waals surface area contributed by atoms with Crippen molar-refractivity contribution in [2.45, 2.75) is 44.3 Å². The summed E-state index contributed by atoms with van der Waals surface area (Å²) in [4.78, 5) is 15.7. The van der Waals surface area contributed by atoms with E-state index in [9.17, 15) is 9.90 Å². The maximum Gasteiger partial charge on any atom is 0.407 e. The van der Waals surface area contributed by atoms with Crippen molar-refractivity contribution in [2.24, 2.45) is 0 Å². The molecule has 108 valence electrons. The highest BCUT2D eigenvalue weighted by atomic mass is 16.4. The van der Waals surface area contributed by atoms with Crippen molar-refractivity contribution in [1.29, 1.82) is 0 Å². The molecule has 4 heteroatoms. The highest BCUT2D eigenvalue weighted by molar-refractivity contribution is 5.66. The third-order valence-electron chi connectivity index (χ3n) is 4.84. The van der Waals surface area contributed by atoms with Crippen LogP contribution in [0.5, 0.6) is 0 Å². The normalized spacial score (nSPS) is 29.2. The molecule has 4 nitrogen and oxygen atoms in total. The molecule has 20 heavy (non-hydrogen) atoms. The van der Waals surface area contributed by atoms with Crippen LogP contribution in [0.15, 0.2) is 30.3 Å². The van der Waals surface area contributed by atoms with Crippen molar-refractivity contribution in [2.75, 3.05) is 13.1 Å². The Bertz CT molecular complexity index is 498. The number of carboxylic acid groups (broad SMARTS) is 1. The van der Waals surface area contributed by atoms with Gasteiger partial charge in [-0.15, -0.1) is 0 Å². The van der Waals surface area contributed by atoms with Gasteiger partial charge in [-0.25, -0.2) is 4.79 Å². The summed E-state index contributed by atoms with van der Waals surface area (Å²) in [7, 11) is 0. The van der Waals surface area contributed by atoms with E-state index >= 15 is 0 Å². The minimum absolute atomic E-state index is 0.0534. The van der Waals surface area contributed by atoms with Crippen LogP contribution in [0, 0.1) is 0 Å². The molecule has 1 heterocycles. The minimum atomic E-state index is -0.814. The number of piperazine rings is 1. The van der Waals surface area contributed by atoms with Crippen molar-refractivity contribution in [3.8, 4) is 0 Å². The van der Waals surface area contributed by atoms with Gasteiger partial charge in [0.25, 0.3) is 0 Å². The SMILES string of the molecule is C[C@@H]1CN(C(=O)O)[C@@H](c2ccccc2)CN1C1(C)CC1. The van der Waals surface area contributed by atoms with Gasteiger partial charge >= 0.3 is 6.09 Å². The van der Waals surface area contributed by atoms with E-state index < -0.39 is 6.09 Å². The molecular formula is C16H22N2O2. The van der Waals surface area contributed by atoms with E-state index in [4.69, 9.17) is 0 Å². The number of nitrogens with zero attached hydrogens (tertiary/aromatic N) is 2. The number of amides is 1. The Labute approximate surface area is 120 Å². The van der Waals surface area contributed by atoms with Crippen LogP contribution in [0.2, 0.25) is 0 Å². The molecule has 1 aliphatic carbocycles. The summed E-state index contributed by atoms with van der Waals surface area (Å²) in [6.07, 6.45) is 1.64. The summed E-state index contributed by atoms with van der Waals surface area (Å²) in [5, 5.41) is 9.50. The Morgan fingerprint density at radius 1 is 1.25 bits per heavy atom. The van der Waals surface area contributed by atoms with Crippen LogP contribution in [0.1, 0.15) is 38.3 Å². The van der Waals surface area contributed by atoms with E-state index in [0.29, 0.717) is 12.6 Å². The molecule has 1 aliphatic heterocycles. The summed E-state index contributed by atoms with van der Waals surface area (Å²) >= 11 is 0. The van der Waals surface area contributed by atoms with Crippen molar-refractivity contribution >= 4 is 6.09 Å². The number of rotatable bonds is 2. The van der Waals surface area contributed by atoms with Crippen LogP contribution in [0.4, 0.5) is 4.79 Å². The molecule has 0 unspecified atom stereocenters. The van der Waals surface area contributed by atoms with Gasteiger partial charge in [0.15, 0.2) is 0 Å². The first kappa shape index (κ1) is 13.4. The van der Waals surface area contributed by atoms with Gasteiger partial charge in [0.2, 0.25) is 0 Å². The largest absolute Gasteiger partial charge is 0.465 e. The van der Waals surface area contributed by atoms with Crippen molar-refractivity contribution < 1.29 is 9.90 Å². The molecule has 2 aliphatic rings. The third kappa shape index (κ3) is 2.29. The van der Waals surface area contributed by atoms with Gasteiger partial charge in [-0.05, 0) is 32.3 Å². The Hall–Kier alpha value is -1.55. The first-order chi connectivity index (χ1) is 9.51. The lowest BCUT2D eigenvalue weighted by atomic mass is 9.98. The minimum Gasteiger partial charge on any atom is -0.465 e. The molecule has 0 bridgehead atoms. The summed E-state index contributed by atoms with van der Waals surface area (Å²) in [5.74, 6) is 0. The van der Waals surface area contributed by atoms with Gasteiger partial charge in [-0.2, -0.15) is 0 Å². The van der Waals surface area contributed by atoms with Gasteiger partial charge in [0.1, 0.15) is 0 Å². The third-order valence-corrected chi connectivity index (χ3v) is 4.84. The molecular weight excluding hydrogens is 252 g/mol. The van der Waals surface area contributed by atoms with Crippen LogP contribution >= 0.6 is 0 Å². The lowest BCUT2D eigenvalue weighted by molar-refractivity contribution is 0.00978. The van der Waals surface area contributed by atoms with E-state index in [1.165, 1.54) is 12.8 Å². The Morgan fingerprint density at radius 3 is 2.45 bits per heavy atom. The molecule has 1 saturated heterocycles. The van der Waals surface area contributed by atoms with Gasteiger partial charge in [-0.1, -0.05) is 30.3 Å². The second-order valence-corrected chi connectivity index (χ2v) is 6.36. The average molecular weight is 274 g/mol. The molecule has 2 fully saturated rings. The van der Waals surface area contributed by atoms with Gasteiger partial charge in [0, 0.05) is 24.7 Å². The number of hydrogen-bond donors (Lipinski definition) is 1. The van der Waals surface area contributed by atoms with E-state index in [1.807, 2.05) is 30.3 Å². The predicted molar refractivity (Wildman–Crippen MR) is 77.7 cm³/mol. The van der Waals surface area contributed by atoms with Crippen molar-refractivity contribution in [3.63, 3.8) is 0 Å². The van der Waals surface area contributed by atoms with Crippen LogP contribution in [-0.4, -0.2) is 45.7 Å². The summed E-state index contributed by atoms with van der Waals surface area (Å²) in [6, 6.07) is 10.2. The zero-order valence-electron chi connectivity index (χ0n) is 12.1. The lowest BCUT2D eigenvalue weighted by Crippen LogP contribution is -2.58. The van der Waals surface area contributed by atoms with Crippen LogP contribution in [0.25, 0.3) is 0 Å². The molecule has 1 aromatic carbocycles. The van der Waals surface area contributed by atoms with E-state index in [0.717, 1.165) is 12.1 Å². The second-order valence-electron chi connectivity index (χ2n) is 6.36. The standard InChI is InChI=1S/C16H22N2O2/c1-12-10-17(15(19)20)14(13-6-4-3-5-7-13)11-18(12)16(2)8-9-16/h3-7,12,14H,8-11H2,1-2H3,(H,19,20)/t12-,14-/m1/s1. The monoisotopic (exact) mass is 274 g/mol. The van der Waals surface area contributed by atoms with E-state index in [-0.39, 0.29) is 11.6 Å². The molecule has 3 rings (SSSR count). The van der Waals surface area contributed by atoms with Crippen molar-refractivity contribution in [3.05, 3.63) is 35.9 Å². The molecule has 1 N–H and O–H groups in total. The first-order valence-electron chi connectivity index (χ1n) is 7.32. The van der Waals surface area contributed by atoms with Crippen LogP contribution in [0.3, 0.4) is 0 Å². The van der Waals surface area contributed by atoms with Crippen LogP contribution in [-0.2, 0) is 0 Å². The summed E-state index contributed by atoms with van der Waals surface area (Å²) in [5.41, 5.74) is 1.38. The number of benzene rings is 1. The smallest absolute Gasteiger partial charge is 0.407 e. The fraction of sp³-hybridized carbons (Fsp3) is 0.562. The lowest BCUT2D eigenvalue weighted by Gasteiger charge is -2.47. The fourth-order valence-electron chi connectivity index (χ4n) is 3.37. The van der Waals surface area contributed by atoms with E-state index in [1.54, 1.807) is 4.90 Å². The Balaban J connectivity index is 1.89. The number of hydrogen-bond acceptors (Lipinski definition) is 2. The quantitative estimate of drug-likeness (QED) is 0.901. The summed E-state index contributed by atoms with van der Waals surface area (Å²) < 4.78 is 0. The van der Waals surface area contributed by atoms with Crippen molar-refractivity contribution in [1.82, 2.24) is 9.80 Å². The maximum absolute atomic E-state index is 11.6. The molecule has 0 aromatic heterocycles. The highest BCUT2D eigenvalue weighted by Gasteiger charge is 2.49.